The van der Waals surface area contributed by atoms with E-state index in [1.807, 2.05) is 24.3 Å². The first-order chi connectivity index (χ1) is 10.6. The van der Waals surface area contributed by atoms with Crippen LogP contribution in [0.2, 0.25) is 0 Å². The van der Waals surface area contributed by atoms with Crippen molar-refractivity contribution in [2.45, 2.75) is 45.4 Å². The summed E-state index contributed by atoms with van der Waals surface area (Å²) in [5.41, 5.74) is 0. The topological polar surface area (TPSA) is 44.6 Å². The van der Waals surface area contributed by atoms with Gasteiger partial charge in [-0.2, -0.15) is 0 Å². The van der Waals surface area contributed by atoms with E-state index in [0.717, 1.165) is 51.5 Å². The summed E-state index contributed by atoms with van der Waals surface area (Å²) < 4.78 is 2.20. The Hall–Kier alpha value is -1.40. The molecule has 6 heteroatoms. The molecule has 2 fully saturated rings. The van der Waals surface area contributed by atoms with Gasteiger partial charge in [-0.1, -0.05) is 0 Å². The van der Waals surface area contributed by atoms with Gasteiger partial charge in [-0.05, 0) is 20.3 Å². The molecule has 0 bridgehead atoms. The second-order valence-electron chi connectivity index (χ2n) is 6.51. The second kappa shape index (κ2) is 6.38. The van der Waals surface area contributed by atoms with E-state index in [9.17, 15) is 4.79 Å². The predicted molar refractivity (Wildman–Crippen MR) is 85.4 cm³/mol. The van der Waals surface area contributed by atoms with E-state index < -0.39 is 0 Å². The summed E-state index contributed by atoms with van der Waals surface area (Å²) in [6.45, 7) is 10.1. The molecule has 1 amide bonds. The lowest BCUT2D eigenvalue weighted by atomic mass is 10.1. The first-order valence-electron chi connectivity index (χ1n) is 8.33. The summed E-state index contributed by atoms with van der Waals surface area (Å²) in [6.07, 6.45) is 4.90. The second-order valence-corrected chi connectivity index (χ2v) is 6.51. The predicted octanol–water partition coefficient (Wildman–Crippen LogP) is 0.640. The van der Waals surface area contributed by atoms with Crippen LogP contribution in [0.3, 0.4) is 0 Å². The lowest BCUT2D eigenvalue weighted by Crippen LogP contribution is -2.56. The molecule has 0 spiro atoms. The van der Waals surface area contributed by atoms with Gasteiger partial charge >= 0.3 is 0 Å². The third kappa shape index (κ3) is 2.90. The highest BCUT2D eigenvalue weighted by atomic mass is 16.2. The molecule has 0 radical (unpaired) electrons. The molecule has 3 rings (SSSR count). The molecule has 2 saturated heterocycles. The lowest BCUT2D eigenvalue weighted by molar-refractivity contribution is -0.132. The van der Waals surface area contributed by atoms with Crippen molar-refractivity contribution in [1.29, 1.82) is 0 Å². The van der Waals surface area contributed by atoms with E-state index in [1.165, 1.54) is 0 Å². The third-order valence-corrected chi connectivity index (χ3v) is 5.12. The molecule has 2 aliphatic heterocycles. The van der Waals surface area contributed by atoms with Crippen molar-refractivity contribution in [3.8, 4) is 0 Å². The van der Waals surface area contributed by atoms with Crippen LogP contribution in [0.5, 0.6) is 0 Å². The molecule has 122 valence electrons. The molecule has 22 heavy (non-hydrogen) atoms. The van der Waals surface area contributed by atoms with Crippen LogP contribution in [0, 0.1) is 0 Å². The van der Waals surface area contributed by atoms with Crippen molar-refractivity contribution >= 4 is 5.91 Å². The number of carbonyl (C=O) groups excluding carboxylic acids is 1. The monoisotopic (exact) mass is 305 g/mol. The van der Waals surface area contributed by atoms with E-state index >= 15 is 0 Å². The molecule has 0 unspecified atom stereocenters. The van der Waals surface area contributed by atoms with Crippen molar-refractivity contribution in [3.63, 3.8) is 0 Å². The Morgan fingerprint density at radius 1 is 1.32 bits per heavy atom. The number of carbonyl (C=O) groups is 1. The Morgan fingerprint density at radius 3 is 2.77 bits per heavy atom. The van der Waals surface area contributed by atoms with Crippen molar-refractivity contribution in [2.75, 3.05) is 33.2 Å². The Morgan fingerprint density at radius 2 is 2.14 bits per heavy atom. The summed E-state index contributed by atoms with van der Waals surface area (Å²) >= 11 is 0. The third-order valence-electron chi connectivity index (χ3n) is 5.12. The summed E-state index contributed by atoms with van der Waals surface area (Å²) in [4.78, 5) is 23.4. The minimum atomic E-state index is 0.104. The highest BCUT2D eigenvalue weighted by Crippen LogP contribution is 2.21. The van der Waals surface area contributed by atoms with E-state index in [2.05, 4.69) is 33.2 Å². The van der Waals surface area contributed by atoms with Crippen molar-refractivity contribution in [1.82, 2.24) is 24.3 Å². The molecule has 0 saturated carbocycles. The zero-order valence-corrected chi connectivity index (χ0v) is 13.9. The van der Waals surface area contributed by atoms with Crippen molar-refractivity contribution in [3.05, 3.63) is 18.2 Å². The molecule has 6 nitrogen and oxygen atoms in total. The fourth-order valence-corrected chi connectivity index (χ4v) is 3.65. The maximum absolute atomic E-state index is 12.2. The standard InChI is InChI=1S/C16H27N5O/c1-4-19-8-6-17-15(19)12-20-9-10-21(11-13(20)2)14-5-7-18(3)16(14)22/h6,8,13-14H,4-5,7,9-12H2,1-3H3/t13-,14+/m0/s1. The van der Waals surface area contributed by atoms with Crippen LogP contribution < -0.4 is 0 Å². The number of aryl methyl sites for hydroxylation is 1. The molecule has 0 aromatic carbocycles. The van der Waals surface area contributed by atoms with Crippen molar-refractivity contribution in [2.24, 2.45) is 0 Å². The van der Waals surface area contributed by atoms with Gasteiger partial charge in [-0.3, -0.25) is 14.6 Å². The Kier molecular flexibility index (Phi) is 4.49. The lowest BCUT2D eigenvalue weighted by Gasteiger charge is -2.41. The molecular formula is C16H27N5O. The highest BCUT2D eigenvalue weighted by molar-refractivity contribution is 5.83. The van der Waals surface area contributed by atoms with Gasteiger partial charge in [0.25, 0.3) is 0 Å². The number of hydrogen-bond donors (Lipinski definition) is 0. The minimum Gasteiger partial charge on any atom is -0.344 e. The van der Waals surface area contributed by atoms with Gasteiger partial charge in [0.2, 0.25) is 5.91 Å². The van der Waals surface area contributed by atoms with Crippen LogP contribution in [0.25, 0.3) is 0 Å². The van der Waals surface area contributed by atoms with E-state index in [0.29, 0.717) is 11.9 Å². The number of rotatable bonds is 4. The molecule has 3 heterocycles. The van der Waals surface area contributed by atoms with Crippen LogP contribution in [0.1, 0.15) is 26.1 Å². The maximum Gasteiger partial charge on any atom is 0.239 e. The highest BCUT2D eigenvalue weighted by Gasteiger charge is 2.37. The van der Waals surface area contributed by atoms with Gasteiger partial charge in [0, 0.05) is 58.2 Å². The molecule has 2 aliphatic rings. The smallest absolute Gasteiger partial charge is 0.239 e. The van der Waals surface area contributed by atoms with E-state index in [4.69, 9.17) is 0 Å². The summed E-state index contributed by atoms with van der Waals surface area (Å²) in [5.74, 6) is 1.43. The Labute approximate surface area is 132 Å². The number of nitrogens with zero attached hydrogens (tertiary/aromatic N) is 5. The van der Waals surface area contributed by atoms with Gasteiger partial charge < -0.3 is 9.47 Å². The average Bonchev–Trinajstić information content (AvgIpc) is 3.09. The summed E-state index contributed by atoms with van der Waals surface area (Å²) in [6, 6.07) is 0.557. The largest absolute Gasteiger partial charge is 0.344 e. The number of hydrogen-bond acceptors (Lipinski definition) is 4. The van der Waals surface area contributed by atoms with Gasteiger partial charge in [0.05, 0.1) is 12.6 Å². The van der Waals surface area contributed by atoms with E-state index in [-0.39, 0.29) is 6.04 Å². The van der Waals surface area contributed by atoms with Gasteiger partial charge in [0.15, 0.2) is 0 Å². The van der Waals surface area contributed by atoms with Crippen LogP contribution in [0.15, 0.2) is 12.4 Å². The molecular weight excluding hydrogens is 278 g/mol. The normalized spacial score (nSPS) is 27.8. The van der Waals surface area contributed by atoms with Crippen LogP contribution in [-0.4, -0.2) is 75.5 Å². The Balaban J connectivity index is 1.59. The fraction of sp³-hybridized carbons (Fsp3) is 0.750. The fourth-order valence-electron chi connectivity index (χ4n) is 3.65. The maximum atomic E-state index is 12.2. The van der Waals surface area contributed by atoms with Gasteiger partial charge in [-0.15, -0.1) is 0 Å². The number of likely N-dealkylation sites (tertiary alicyclic amines) is 1. The van der Waals surface area contributed by atoms with E-state index in [1.54, 1.807) is 0 Å². The average molecular weight is 305 g/mol. The molecule has 1 aromatic rings. The molecule has 0 aliphatic carbocycles. The van der Waals surface area contributed by atoms with Crippen LogP contribution in [-0.2, 0) is 17.9 Å². The van der Waals surface area contributed by atoms with Crippen LogP contribution >= 0.6 is 0 Å². The minimum absolute atomic E-state index is 0.104. The number of piperazine rings is 1. The number of likely N-dealkylation sites (N-methyl/N-ethyl adjacent to an activating group) is 1. The summed E-state index contributed by atoms with van der Waals surface area (Å²) in [5, 5.41) is 0. The molecule has 1 aromatic heterocycles. The molecule has 0 N–H and O–H groups in total. The SMILES string of the molecule is CCn1ccnc1CN1CCN([C@@H]2CCN(C)C2=O)C[C@@H]1C. The zero-order chi connectivity index (χ0) is 15.7. The first-order valence-corrected chi connectivity index (χ1v) is 8.33. The number of imidazole rings is 1. The van der Waals surface area contributed by atoms with Crippen molar-refractivity contribution < 1.29 is 4.79 Å². The zero-order valence-electron chi connectivity index (χ0n) is 13.9. The van der Waals surface area contributed by atoms with Gasteiger partial charge in [-0.25, -0.2) is 4.98 Å². The quantitative estimate of drug-likeness (QED) is 0.819. The first kappa shape index (κ1) is 15.5. The summed E-state index contributed by atoms with van der Waals surface area (Å²) in [7, 11) is 1.91. The molecule has 2 atom stereocenters. The number of aromatic nitrogens is 2. The number of amides is 1. The Bertz CT molecular complexity index is 528. The van der Waals surface area contributed by atoms with Gasteiger partial charge in [0.1, 0.15) is 5.82 Å². The van der Waals surface area contributed by atoms with Crippen LogP contribution in [0.4, 0.5) is 0 Å².